The van der Waals surface area contributed by atoms with Crippen LogP contribution in [0.1, 0.15) is 51.2 Å². The van der Waals surface area contributed by atoms with Gasteiger partial charge in [-0.1, -0.05) is 6.07 Å². The lowest BCUT2D eigenvalue weighted by Gasteiger charge is -2.44. The molecule has 8 nitrogen and oxygen atoms in total. The van der Waals surface area contributed by atoms with E-state index in [-0.39, 0.29) is 24.4 Å². The van der Waals surface area contributed by atoms with Crippen LogP contribution in [-0.4, -0.2) is 44.8 Å². The number of benzene rings is 1. The van der Waals surface area contributed by atoms with Crippen molar-refractivity contribution in [2.24, 2.45) is 0 Å². The lowest BCUT2D eigenvalue weighted by molar-refractivity contribution is -0.138. The topological polar surface area (TPSA) is 101 Å². The number of fused-ring (bicyclic) bond motifs is 5. The van der Waals surface area contributed by atoms with Gasteiger partial charge in [-0.25, -0.2) is 4.39 Å². The van der Waals surface area contributed by atoms with Crippen molar-refractivity contribution in [1.29, 1.82) is 0 Å². The standard InChI is InChI=1S/C22H19F4N3O5/c23-11-2-1-10(15(5-11)22(24,25)26)7-27-20(32)14-8-28-9-16-29(12-3-4-13(6-12)34-16)21(33)17(28)19(31)18(14)30/h1-2,5,8,12-13,16,31H,3-4,6-7,9H2,(H,27,32)/t12?,13-,16+/m0/s1. The van der Waals surface area contributed by atoms with E-state index in [1.807, 2.05) is 0 Å². The van der Waals surface area contributed by atoms with Crippen molar-refractivity contribution in [1.82, 2.24) is 14.8 Å². The van der Waals surface area contributed by atoms with Gasteiger partial charge in [0, 0.05) is 18.8 Å². The minimum Gasteiger partial charge on any atom is -0.503 e. The fourth-order valence-electron chi connectivity index (χ4n) is 4.95. The Hall–Kier alpha value is -3.41. The molecule has 34 heavy (non-hydrogen) atoms. The second-order valence-corrected chi connectivity index (χ2v) is 8.60. The average Bonchev–Trinajstić information content (AvgIpc) is 3.15. The summed E-state index contributed by atoms with van der Waals surface area (Å²) < 4.78 is 60.1. The number of hydrogen-bond donors (Lipinski definition) is 2. The number of carbonyl (C=O) groups is 2. The SMILES string of the molecule is O=C(NCc1ccc(F)cc1C(F)(F)F)c1cn2c(c(O)c1=O)C(=O)N1C3CC[C@@H](C3)O[C@@H]1C2. The number of halogens is 4. The highest BCUT2D eigenvalue weighted by Gasteiger charge is 2.47. The summed E-state index contributed by atoms with van der Waals surface area (Å²) >= 11 is 0. The average molecular weight is 481 g/mol. The molecule has 0 spiro atoms. The van der Waals surface area contributed by atoms with Crippen LogP contribution in [0.4, 0.5) is 17.6 Å². The highest BCUT2D eigenvalue weighted by Crippen LogP contribution is 2.39. The van der Waals surface area contributed by atoms with Crippen molar-refractivity contribution in [3.63, 3.8) is 0 Å². The third-order valence-electron chi connectivity index (χ3n) is 6.52. The number of alkyl halides is 3. The number of ether oxygens (including phenoxy) is 1. The van der Waals surface area contributed by atoms with Gasteiger partial charge < -0.3 is 24.6 Å². The summed E-state index contributed by atoms with van der Waals surface area (Å²) in [5.41, 5.74) is -3.58. The van der Waals surface area contributed by atoms with Crippen LogP contribution < -0.4 is 10.7 Å². The van der Waals surface area contributed by atoms with Crippen LogP contribution in [0.15, 0.2) is 29.2 Å². The first kappa shape index (κ1) is 22.4. The second-order valence-electron chi connectivity index (χ2n) is 8.60. The second kappa shape index (κ2) is 7.83. The molecule has 2 N–H and O–H groups in total. The predicted octanol–water partition coefficient (Wildman–Crippen LogP) is 2.38. The fraction of sp³-hybridized carbons (Fsp3) is 0.409. The molecule has 12 heteroatoms. The van der Waals surface area contributed by atoms with E-state index in [2.05, 4.69) is 5.32 Å². The Labute approximate surface area is 189 Å². The van der Waals surface area contributed by atoms with Crippen molar-refractivity contribution < 1.29 is 37.0 Å². The summed E-state index contributed by atoms with van der Waals surface area (Å²) in [7, 11) is 0. The monoisotopic (exact) mass is 481 g/mol. The Morgan fingerprint density at radius 1 is 1.24 bits per heavy atom. The fourth-order valence-corrected chi connectivity index (χ4v) is 4.95. The summed E-state index contributed by atoms with van der Waals surface area (Å²) in [6, 6.07) is 1.97. The maximum atomic E-state index is 13.3. The third-order valence-corrected chi connectivity index (χ3v) is 6.52. The van der Waals surface area contributed by atoms with E-state index in [1.54, 1.807) is 0 Å². The van der Waals surface area contributed by atoms with E-state index < -0.39 is 64.4 Å². The summed E-state index contributed by atoms with van der Waals surface area (Å²) in [4.78, 5) is 39.9. The highest BCUT2D eigenvalue weighted by atomic mass is 19.4. The lowest BCUT2D eigenvalue weighted by Crippen LogP contribution is -2.57. The molecule has 0 radical (unpaired) electrons. The summed E-state index contributed by atoms with van der Waals surface area (Å²) in [6.45, 7) is -0.559. The number of nitrogens with zero attached hydrogens (tertiary/aromatic N) is 2. The first-order valence-electron chi connectivity index (χ1n) is 10.6. The number of aromatic nitrogens is 1. The van der Waals surface area contributed by atoms with Gasteiger partial charge in [-0.05, 0) is 37.0 Å². The molecule has 1 unspecified atom stereocenters. The Morgan fingerprint density at radius 3 is 2.74 bits per heavy atom. The molecule has 1 aromatic heterocycles. The summed E-state index contributed by atoms with van der Waals surface area (Å²) in [5, 5.41) is 12.7. The molecule has 1 saturated heterocycles. The van der Waals surface area contributed by atoms with Gasteiger partial charge in [-0.3, -0.25) is 14.4 Å². The molecule has 1 saturated carbocycles. The molecule has 2 fully saturated rings. The number of nitrogens with one attached hydrogen (secondary N) is 1. The van der Waals surface area contributed by atoms with Gasteiger partial charge in [-0.2, -0.15) is 13.2 Å². The van der Waals surface area contributed by atoms with Crippen molar-refractivity contribution in [3.05, 3.63) is 62.8 Å². The van der Waals surface area contributed by atoms with Crippen LogP contribution in [0, 0.1) is 5.82 Å². The van der Waals surface area contributed by atoms with Crippen LogP contribution in [-0.2, 0) is 24.0 Å². The molecule has 3 heterocycles. The van der Waals surface area contributed by atoms with Crippen molar-refractivity contribution >= 4 is 11.8 Å². The molecule has 3 atom stereocenters. The van der Waals surface area contributed by atoms with Crippen LogP contribution in [0.5, 0.6) is 5.75 Å². The number of carbonyl (C=O) groups excluding carboxylic acids is 2. The molecule has 2 amide bonds. The first-order valence-corrected chi connectivity index (χ1v) is 10.6. The molecule has 2 aromatic rings. The number of hydrogen-bond acceptors (Lipinski definition) is 5. The molecule has 1 aromatic carbocycles. The Balaban J connectivity index is 1.43. The predicted molar refractivity (Wildman–Crippen MR) is 107 cm³/mol. The maximum Gasteiger partial charge on any atom is 0.416 e. The molecular weight excluding hydrogens is 462 g/mol. The highest BCUT2D eigenvalue weighted by molar-refractivity contribution is 5.99. The Kier molecular flexibility index (Phi) is 5.15. The van der Waals surface area contributed by atoms with Gasteiger partial charge in [0.2, 0.25) is 5.43 Å². The van der Waals surface area contributed by atoms with E-state index in [0.29, 0.717) is 12.5 Å². The zero-order valence-electron chi connectivity index (χ0n) is 17.6. The van der Waals surface area contributed by atoms with Crippen molar-refractivity contribution in [2.45, 2.75) is 56.9 Å². The van der Waals surface area contributed by atoms with Gasteiger partial charge in [0.15, 0.2) is 17.7 Å². The Bertz CT molecular complexity index is 1260. The van der Waals surface area contributed by atoms with Crippen LogP contribution in [0.25, 0.3) is 0 Å². The molecule has 2 aliphatic heterocycles. The van der Waals surface area contributed by atoms with Gasteiger partial charge in [0.1, 0.15) is 11.4 Å². The quantitative estimate of drug-likeness (QED) is 0.656. The van der Waals surface area contributed by atoms with E-state index in [9.17, 15) is 37.1 Å². The van der Waals surface area contributed by atoms with Crippen molar-refractivity contribution in [3.8, 4) is 5.75 Å². The maximum absolute atomic E-state index is 13.3. The molecule has 3 aliphatic rings. The van der Waals surface area contributed by atoms with Gasteiger partial charge >= 0.3 is 6.18 Å². The first-order chi connectivity index (χ1) is 16.0. The molecule has 1 aliphatic carbocycles. The number of aromatic hydroxyl groups is 1. The Morgan fingerprint density at radius 2 is 2.00 bits per heavy atom. The molecular formula is C22H19F4N3O5. The van der Waals surface area contributed by atoms with Crippen LogP contribution in [0.2, 0.25) is 0 Å². The lowest BCUT2D eigenvalue weighted by atomic mass is 10.1. The smallest absolute Gasteiger partial charge is 0.416 e. The third kappa shape index (κ3) is 3.61. The van der Waals surface area contributed by atoms with E-state index in [0.717, 1.165) is 31.2 Å². The van der Waals surface area contributed by atoms with Gasteiger partial charge in [-0.15, -0.1) is 0 Å². The number of rotatable bonds is 3. The number of amides is 2. The largest absolute Gasteiger partial charge is 0.503 e. The number of pyridine rings is 1. The van der Waals surface area contributed by atoms with E-state index >= 15 is 0 Å². The van der Waals surface area contributed by atoms with E-state index in [4.69, 9.17) is 4.74 Å². The van der Waals surface area contributed by atoms with Crippen molar-refractivity contribution in [2.75, 3.05) is 0 Å². The van der Waals surface area contributed by atoms with E-state index in [1.165, 1.54) is 9.47 Å². The summed E-state index contributed by atoms with van der Waals surface area (Å²) in [5.74, 6) is -3.62. The summed E-state index contributed by atoms with van der Waals surface area (Å²) in [6.07, 6.45) is -2.14. The molecule has 180 valence electrons. The van der Waals surface area contributed by atoms with Crippen LogP contribution in [0.3, 0.4) is 0 Å². The molecule has 5 rings (SSSR count). The van der Waals surface area contributed by atoms with Gasteiger partial charge in [0.05, 0.1) is 18.2 Å². The molecule has 2 bridgehead atoms. The zero-order valence-corrected chi connectivity index (χ0v) is 17.6. The van der Waals surface area contributed by atoms with Gasteiger partial charge in [0.25, 0.3) is 11.8 Å². The van der Waals surface area contributed by atoms with Crippen LogP contribution >= 0.6 is 0 Å². The normalized spacial score (nSPS) is 23.5. The zero-order chi connectivity index (χ0) is 24.4. The minimum atomic E-state index is -4.85. The minimum absolute atomic E-state index is 0.00915.